The molecule has 3 N–H and O–H groups in total. The van der Waals surface area contributed by atoms with Crippen LogP contribution >= 0.6 is 0 Å². The Labute approximate surface area is 203 Å². The zero-order valence-electron chi connectivity index (χ0n) is 19.6. The van der Waals surface area contributed by atoms with Crippen LogP contribution in [0.3, 0.4) is 0 Å². The molecule has 5 heterocycles. The van der Waals surface area contributed by atoms with Crippen molar-refractivity contribution in [1.82, 2.24) is 21.1 Å². The molecule has 4 aliphatic rings. The van der Waals surface area contributed by atoms with Gasteiger partial charge < -0.3 is 24.2 Å². The number of amides is 5. The molecule has 1 aromatic heterocycles. The normalized spacial score (nSPS) is 29.0. The third-order valence-corrected chi connectivity index (χ3v) is 7.44. The third kappa shape index (κ3) is 3.18. The Morgan fingerprint density at radius 1 is 1.22 bits per heavy atom. The summed E-state index contributed by atoms with van der Waals surface area (Å²) in [5, 5.41) is 11.3. The number of urea groups is 1. The van der Waals surface area contributed by atoms with E-state index in [1.54, 1.807) is 17.9 Å². The van der Waals surface area contributed by atoms with Crippen LogP contribution in [0.25, 0.3) is 11.0 Å². The van der Waals surface area contributed by atoms with Crippen LogP contribution in [0.15, 0.2) is 10.6 Å². The van der Waals surface area contributed by atoms with Gasteiger partial charge in [0.25, 0.3) is 5.88 Å². The Balaban J connectivity index is 1.46. The summed E-state index contributed by atoms with van der Waals surface area (Å²) in [6.45, 7) is 3.87. The molecule has 0 aliphatic carbocycles. The molecule has 1 aromatic carbocycles. The van der Waals surface area contributed by atoms with Crippen molar-refractivity contribution in [2.75, 3.05) is 18.1 Å². The first-order valence-corrected chi connectivity index (χ1v) is 11.8. The molecule has 1 spiro atoms. The maximum atomic E-state index is 16.0. The average molecular weight is 501 g/mol. The highest BCUT2D eigenvalue weighted by atomic mass is 19.1. The zero-order chi connectivity index (χ0) is 25.4. The lowest BCUT2D eigenvalue weighted by molar-refractivity contribution is -0.153. The van der Waals surface area contributed by atoms with Gasteiger partial charge in [0.15, 0.2) is 11.2 Å². The summed E-state index contributed by atoms with van der Waals surface area (Å²) < 4.78 is 33.0. The summed E-state index contributed by atoms with van der Waals surface area (Å²) in [5.74, 6) is -2.24. The summed E-state index contributed by atoms with van der Waals surface area (Å²) in [7, 11) is 0. The monoisotopic (exact) mass is 501 g/mol. The Morgan fingerprint density at radius 2 is 1.97 bits per heavy atom. The number of anilines is 1. The van der Waals surface area contributed by atoms with Crippen molar-refractivity contribution in [2.45, 2.75) is 57.4 Å². The highest BCUT2D eigenvalue weighted by molar-refractivity contribution is 6.20. The minimum absolute atomic E-state index is 0.0421. The molecule has 12 nitrogen and oxygen atoms in total. The number of benzene rings is 1. The van der Waals surface area contributed by atoms with Crippen LogP contribution in [-0.2, 0) is 25.5 Å². The van der Waals surface area contributed by atoms with Gasteiger partial charge in [0.05, 0.1) is 35.4 Å². The van der Waals surface area contributed by atoms with Crippen molar-refractivity contribution < 1.29 is 37.6 Å². The molecule has 0 radical (unpaired) electrons. The van der Waals surface area contributed by atoms with Crippen LogP contribution in [0.5, 0.6) is 5.88 Å². The molecule has 4 aliphatic heterocycles. The van der Waals surface area contributed by atoms with Crippen molar-refractivity contribution >= 4 is 40.4 Å². The Hall–Kier alpha value is -3.74. The van der Waals surface area contributed by atoms with Gasteiger partial charge in [0, 0.05) is 19.4 Å². The van der Waals surface area contributed by atoms with Crippen molar-refractivity contribution in [3.05, 3.63) is 17.4 Å². The number of ether oxygens (including phenoxy) is 2. The van der Waals surface area contributed by atoms with Crippen LogP contribution in [0.2, 0.25) is 0 Å². The minimum Gasteiger partial charge on any atom is -0.473 e. The van der Waals surface area contributed by atoms with Crippen LogP contribution in [0.4, 0.5) is 14.9 Å². The van der Waals surface area contributed by atoms with E-state index >= 15 is 4.39 Å². The Morgan fingerprint density at radius 3 is 2.67 bits per heavy atom. The Bertz CT molecular complexity index is 1310. The van der Waals surface area contributed by atoms with Crippen molar-refractivity contribution in [3.8, 4) is 5.88 Å². The summed E-state index contributed by atoms with van der Waals surface area (Å²) >= 11 is 0. The number of carbonyl (C=O) groups excluding carboxylic acids is 4. The molecule has 6 rings (SSSR count). The summed E-state index contributed by atoms with van der Waals surface area (Å²) in [4.78, 5) is 51.5. The van der Waals surface area contributed by atoms with E-state index in [9.17, 15) is 19.2 Å². The first kappa shape index (κ1) is 22.7. The number of aromatic nitrogens is 1. The largest absolute Gasteiger partial charge is 0.473 e. The van der Waals surface area contributed by atoms with Crippen LogP contribution < -0.4 is 25.6 Å². The fourth-order valence-corrected chi connectivity index (χ4v) is 6.01. The highest BCUT2D eigenvalue weighted by Gasteiger charge is 2.63. The molecule has 13 heteroatoms. The number of fused-ring (bicyclic) bond motifs is 5. The maximum Gasteiger partial charge on any atom is 0.328 e. The Kier molecular flexibility index (Phi) is 4.97. The molecule has 0 bridgehead atoms. The second-order valence-corrected chi connectivity index (χ2v) is 9.81. The van der Waals surface area contributed by atoms with Crippen molar-refractivity contribution in [3.63, 3.8) is 0 Å². The number of halogens is 1. The molecule has 0 saturated carbocycles. The van der Waals surface area contributed by atoms with E-state index in [1.165, 1.54) is 0 Å². The predicted molar refractivity (Wildman–Crippen MR) is 120 cm³/mol. The van der Waals surface area contributed by atoms with Gasteiger partial charge in [-0.05, 0) is 37.1 Å². The van der Waals surface area contributed by atoms with Gasteiger partial charge in [0.1, 0.15) is 6.61 Å². The van der Waals surface area contributed by atoms with E-state index in [4.69, 9.17) is 14.0 Å². The smallest absolute Gasteiger partial charge is 0.328 e. The zero-order valence-corrected chi connectivity index (χ0v) is 19.6. The number of carbonyl (C=O) groups is 4. The number of nitrogens with zero attached hydrogens (tertiary/aromatic N) is 2. The van der Waals surface area contributed by atoms with E-state index in [0.717, 1.165) is 0 Å². The molecule has 3 fully saturated rings. The second-order valence-electron chi connectivity index (χ2n) is 9.81. The lowest BCUT2D eigenvalue weighted by Crippen LogP contribution is -2.75. The van der Waals surface area contributed by atoms with Gasteiger partial charge in [0.2, 0.25) is 23.3 Å². The summed E-state index contributed by atoms with van der Waals surface area (Å²) in [5.41, 5.74) is -1.27. The van der Waals surface area contributed by atoms with E-state index < -0.39 is 41.2 Å². The number of barbiturate groups is 1. The molecule has 4 atom stereocenters. The number of morpholine rings is 1. The lowest BCUT2D eigenvalue weighted by Gasteiger charge is -2.55. The second kappa shape index (κ2) is 7.88. The fourth-order valence-electron chi connectivity index (χ4n) is 6.01. The molecule has 190 valence electrons. The summed E-state index contributed by atoms with van der Waals surface area (Å²) in [6.07, 6.45) is -0.106. The van der Waals surface area contributed by atoms with Crippen molar-refractivity contribution in [2.24, 2.45) is 5.41 Å². The lowest BCUT2D eigenvalue weighted by atomic mass is 9.66. The minimum atomic E-state index is -1.73. The first-order chi connectivity index (χ1) is 17.2. The van der Waals surface area contributed by atoms with Gasteiger partial charge in [-0.3, -0.25) is 25.0 Å². The van der Waals surface area contributed by atoms with Crippen molar-refractivity contribution in [1.29, 1.82) is 0 Å². The maximum absolute atomic E-state index is 16.0. The molecule has 3 saturated heterocycles. The molecule has 0 unspecified atom stereocenters. The standard InChI is InChI=1S/C23H24FN5O7/c1-9-7-29-16-11(6-23(18(29)10(2)35-9)20(31)26-22(33)27-21(23)32)5-13-17(15(16)24)36-28-19(13)34-8-12-3-4-14(30)25-12/h5,9-10,12,18H,3-4,6-8H2,1-2H3,(H,25,30)(H2,26,27,31,32,33)/t9-,10+,12-,18-/m1/s1. The number of rotatable bonds is 3. The molecular weight excluding hydrogens is 477 g/mol. The third-order valence-electron chi connectivity index (χ3n) is 7.44. The van der Waals surface area contributed by atoms with Gasteiger partial charge in [-0.15, -0.1) is 0 Å². The van der Waals surface area contributed by atoms with Gasteiger partial charge in [-0.25, -0.2) is 9.18 Å². The molecule has 2 aromatic rings. The number of imide groups is 2. The van der Waals surface area contributed by atoms with E-state index in [2.05, 4.69) is 21.1 Å². The van der Waals surface area contributed by atoms with E-state index in [0.29, 0.717) is 18.4 Å². The van der Waals surface area contributed by atoms with Gasteiger partial charge in [-0.1, -0.05) is 0 Å². The topological polar surface area (TPSA) is 152 Å². The van der Waals surface area contributed by atoms with Crippen LogP contribution in [-0.4, -0.2) is 66.4 Å². The van der Waals surface area contributed by atoms with Gasteiger partial charge in [-0.2, -0.15) is 0 Å². The first-order valence-electron chi connectivity index (χ1n) is 11.8. The molecular formula is C23H24FN5O7. The highest BCUT2D eigenvalue weighted by Crippen LogP contribution is 2.49. The van der Waals surface area contributed by atoms with Crippen LogP contribution in [0.1, 0.15) is 32.3 Å². The quantitative estimate of drug-likeness (QED) is 0.511. The van der Waals surface area contributed by atoms with Gasteiger partial charge >= 0.3 is 6.03 Å². The van der Waals surface area contributed by atoms with E-state index in [-0.39, 0.29) is 60.2 Å². The SMILES string of the molecule is C[C@@H]1CN2c3c(cc4c(OC[C@H]5CCC(=O)N5)noc4c3F)CC3(C(=O)NC(=O)NC3=O)[C@H]2[C@H](C)O1. The summed E-state index contributed by atoms with van der Waals surface area (Å²) in [6, 6.07) is -0.363. The molecule has 5 amide bonds. The molecule has 36 heavy (non-hydrogen) atoms. The average Bonchev–Trinajstić information content (AvgIpc) is 3.41. The fraction of sp³-hybridized carbons (Fsp3) is 0.522. The van der Waals surface area contributed by atoms with E-state index in [1.807, 2.05) is 6.92 Å². The van der Waals surface area contributed by atoms with Crippen LogP contribution in [0, 0.1) is 11.2 Å². The number of nitrogens with one attached hydrogen (secondary N) is 3. The number of hydrogen-bond acceptors (Lipinski definition) is 9. The number of hydrogen-bond donors (Lipinski definition) is 3. The predicted octanol–water partition coefficient (Wildman–Crippen LogP) is 0.515.